The molecule has 1 heterocycles. The molecule has 6 atom stereocenters. The third-order valence-electron chi connectivity index (χ3n) is 9.19. The molecule has 1 saturated heterocycles. The molecule has 3 amide bonds. The molecule has 216 valence electrons. The van der Waals surface area contributed by atoms with Gasteiger partial charge in [-0.3, -0.25) is 19.2 Å². The van der Waals surface area contributed by atoms with Gasteiger partial charge in [-0.2, -0.15) is 5.01 Å². The number of ether oxygens (including phenoxy) is 1. The Morgan fingerprint density at radius 2 is 1.42 bits per heavy atom. The number of carbonyl (C=O) groups excluding carboxylic acids is 5. The van der Waals surface area contributed by atoms with Crippen LogP contribution in [0.15, 0.2) is 84.9 Å². The average molecular weight is 595 g/mol. The zero-order valence-electron chi connectivity index (χ0n) is 23.2. The van der Waals surface area contributed by atoms with Gasteiger partial charge in [0.2, 0.25) is 0 Å². The number of ketones is 1. The van der Waals surface area contributed by atoms with Gasteiger partial charge < -0.3 is 4.74 Å². The third-order valence-corrected chi connectivity index (χ3v) is 9.52. The molecule has 3 aromatic carbocycles. The van der Waals surface area contributed by atoms with Crippen molar-refractivity contribution in [2.75, 3.05) is 6.54 Å². The van der Waals surface area contributed by atoms with Crippen molar-refractivity contribution in [1.29, 1.82) is 0 Å². The highest BCUT2D eigenvalue weighted by atomic mass is 35.5. The molecule has 1 aliphatic heterocycles. The number of rotatable bonds is 7. The zero-order valence-corrected chi connectivity index (χ0v) is 23.9. The number of carbonyl (C=O) groups is 5. The quantitative estimate of drug-likeness (QED) is 0.123. The molecule has 2 bridgehead atoms. The predicted molar refractivity (Wildman–Crippen MR) is 156 cm³/mol. The van der Waals surface area contributed by atoms with Gasteiger partial charge in [-0.1, -0.05) is 53.6 Å². The Morgan fingerprint density at radius 3 is 2.02 bits per heavy atom. The van der Waals surface area contributed by atoms with E-state index in [1.165, 1.54) is 36.4 Å². The maximum absolute atomic E-state index is 13.9. The first-order valence-corrected chi connectivity index (χ1v) is 14.7. The van der Waals surface area contributed by atoms with Gasteiger partial charge in [-0.15, -0.1) is 0 Å². The van der Waals surface area contributed by atoms with Crippen LogP contribution in [0, 0.1) is 42.4 Å². The summed E-state index contributed by atoms with van der Waals surface area (Å²) in [5.41, 5.74) is 1.69. The van der Waals surface area contributed by atoms with Crippen molar-refractivity contribution < 1.29 is 28.7 Å². The number of amides is 3. The van der Waals surface area contributed by atoms with Gasteiger partial charge in [0.15, 0.2) is 5.78 Å². The molecule has 0 radical (unpaired) electrons. The van der Waals surface area contributed by atoms with E-state index in [1.54, 1.807) is 24.3 Å². The van der Waals surface area contributed by atoms with Gasteiger partial charge in [0, 0.05) is 5.56 Å². The van der Waals surface area contributed by atoms with E-state index in [2.05, 4.69) is 0 Å². The number of hydrazine groups is 1. The molecule has 3 fully saturated rings. The van der Waals surface area contributed by atoms with Gasteiger partial charge in [-0.05, 0) is 85.5 Å². The molecule has 43 heavy (non-hydrogen) atoms. The Balaban J connectivity index is 1.14. The number of hydrogen-bond acceptors (Lipinski definition) is 6. The van der Waals surface area contributed by atoms with Crippen molar-refractivity contribution in [2.45, 2.75) is 13.3 Å². The lowest BCUT2D eigenvalue weighted by molar-refractivity contribution is -0.154. The smallest absolute Gasteiger partial charge is 0.343 e. The summed E-state index contributed by atoms with van der Waals surface area (Å²) in [7, 11) is 0. The molecule has 0 N–H and O–H groups in total. The molecule has 5 aliphatic rings. The molecule has 8 rings (SSSR count). The second kappa shape index (κ2) is 10.3. The number of Topliss-reactive ketones (excluding diaryl/α,β-unsaturated/α-hetero) is 1. The Kier molecular flexibility index (Phi) is 6.54. The molecule has 0 aromatic heterocycles. The standard InChI is InChI=1S/C34H27ClN2O6/c1-18-6-8-20(9-7-18)34(42)43-21-12-10-19(11-13-21)28(38)17-36(31(39)24-4-2-3-5-27(24)35)37-32(40)29-22-14-15-23(26-16-25(22)26)30(29)33(37)41/h2-15,22-23,25-26,29-30H,16-17H2,1H3/t22-,23-,25-,26+,29-,30+/m0/s1. The maximum atomic E-state index is 13.9. The lowest BCUT2D eigenvalue weighted by Crippen LogP contribution is -2.52. The number of nitrogens with zero attached hydrogens (tertiary/aromatic N) is 2. The molecule has 2 saturated carbocycles. The Labute approximate surface area is 252 Å². The Morgan fingerprint density at radius 1 is 0.837 bits per heavy atom. The van der Waals surface area contributed by atoms with Crippen LogP contribution in [0.25, 0.3) is 0 Å². The molecular weight excluding hydrogens is 568 g/mol. The number of halogens is 1. The van der Waals surface area contributed by atoms with Gasteiger partial charge in [0.25, 0.3) is 17.7 Å². The van der Waals surface area contributed by atoms with Crippen molar-refractivity contribution in [1.82, 2.24) is 10.0 Å². The summed E-state index contributed by atoms with van der Waals surface area (Å²) in [5, 5.41) is 1.99. The highest BCUT2D eigenvalue weighted by molar-refractivity contribution is 6.34. The highest BCUT2D eigenvalue weighted by Gasteiger charge is 2.68. The fraction of sp³-hybridized carbons (Fsp3) is 0.265. The molecule has 8 nitrogen and oxygen atoms in total. The maximum Gasteiger partial charge on any atom is 0.343 e. The average Bonchev–Trinajstić information content (AvgIpc) is 3.79. The van der Waals surface area contributed by atoms with E-state index in [0.29, 0.717) is 17.4 Å². The normalized spacial score (nSPS) is 26.1. The van der Waals surface area contributed by atoms with Crippen LogP contribution in [0.4, 0.5) is 0 Å². The van der Waals surface area contributed by atoms with Crippen LogP contribution in [0.1, 0.15) is 43.1 Å². The van der Waals surface area contributed by atoms with E-state index < -0.39 is 47.9 Å². The topological polar surface area (TPSA) is 101 Å². The van der Waals surface area contributed by atoms with E-state index in [4.69, 9.17) is 16.3 Å². The van der Waals surface area contributed by atoms with Crippen LogP contribution in [0.2, 0.25) is 5.02 Å². The second-order valence-electron chi connectivity index (χ2n) is 11.7. The summed E-state index contributed by atoms with van der Waals surface area (Å²) in [6, 6.07) is 19.2. The summed E-state index contributed by atoms with van der Waals surface area (Å²) >= 11 is 6.34. The van der Waals surface area contributed by atoms with Gasteiger partial charge in [0.1, 0.15) is 12.3 Å². The second-order valence-corrected chi connectivity index (χ2v) is 12.1. The molecule has 9 heteroatoms. The molecule has 4 aliphatic carbocycles. The summed E-state index contributed by atoms with van der Waals surface area (Å²) in [4.78, 5) is 67.6. The summed E-state index contributed by atoms with van der Waals surface area (Å²) in [6.07, 6.45) is 5.10. The third kappa shape index (κ3) is 4.57. The fourth-order valence-corrected chi connectivity index (χ4v) is 7.19. The van der Waals surface area contributed by atoms with Crippen LogP contribution in [0.5, 0.6) is 5.75 Å². The van der Waals surface area contributed by atoms with E-state index in [0.717, 1.165) is 22.0 Å². The van der Waals surface area contributed by atoms with Gasteiger partial charge in [-0.25, -0.2) is 9.80 Å². The first-order chi connectivity index (χ1) is 20.7. The lowest BCUT2D eigenvalue weighted by Gasteiger charge is -2.37. The van der Waals surface area contributed by atoms with Crippen LogP contribution >= 0.6 is 11.6 Å². The first kappa shape index (κ1) is 27.3. The van der Waals surface area contributed by atoms with E-state index in [9.17, 15) is 24.0 Å². The lowest BCUT2D eigenvalue weighted by atomic mass is 9.63. The first-order valence-electron chi connectivity index (χ1n) is 14.3. The van der Waals surface area contributed by atoms with Gasteiger partial charge >= 0.3 is 5.97 Å². The van der Waals surface area contributed by atoms with Crippen molar-refractivity contribution in [3.63, 3.8) is 0 Å². The van der Waals surface area contributed by atoms with Crippen molar-refractivity contribution >= 4 is 41.1 Å². The zero-order chi connectivity index (χ0) is 30.0. The largest absolute Gasteiger partial charge is 0.423 e. The highest BCUT2D eigenvalue weighted by Crippen LogP contribution is 2.65. The summed E-state index contributed by atoms with van der Waals surface area (Å²) in [5.74, 6) is -2.79. The van der Waals surface area contributed by atoms with Crippen LogP contribution in [-0.2, 0) is 9.59 Å². The van der Waals surface area contributed by atoms with Gasteiger partial charge in [0.05, 0.1) is 28.0 Å². The Hall–Kier alpha value is -4.56. The Bertz CT molecular complexity index is 1680. The van der Waals surface area contributed by atoms with E-state index in [1.807, 2.05) is 31.2 Å². The minimum Gasteiger partial charge on any atom is -0.423 e. The SMILES string of the molecule is Cc1ccc(C(=O)Oc2ccc(C(=O)CN(C(=O)c3ccccc3Cl)N3C(=O)[C@@H]4[C@H]5C=C[C@@H]([C@@H]6C[C@H]56)[C@@H]4C3=O)cc2)cc1. The van der Waals surface area contributed by atoms with Crippen LogP contribution in [-0.4, -0.2) is 46.0 Å². The monoisotopic (exact) mass is 594 g/mol. The number of allylic oxidation sites excluding steroid dienone is 2. The summed E-state index contributed by atoms with van der Waals surface area (Å²) < 4.78 is 5.43. The number of hydrogen-bond donors (Lipinski definition) is 0. The van der Waals surface area contributed by atoms with E-state index >= 15 is 0 Å². The molecule has 3 aromatic rings. The minimum atomic E-state index is -0.714. The molecule has 0 unspecified atom stereocenters. The van der Waals surface area contributed by atoms with Crippen molar-refractivity contribution in [3.05, 3.63) is 112 Å². The van der Waals surface area contributed by atoms with Crippen LogP contribution < -0.4 is 4.74 Å². The molecule has 0 spiro atoms. The fourth-order valence-electron chi connectivity index (χ4n) is 6.98. The summed E-state index contributed by atoms with van der Waals surface area (Å²) in [6.45, 7) is 1.36. The number of imide groups is 1. The van der Waals surface area contributed by atoms with Crippen molar-refractivity contribution in [2.24, 2.45) is 35.5 Å². The van der Waals surface area contributed by atoms with E-state index in [-0.39, 0.29) is 33.7 Å². The number of aryl methyl sites for hydroxylation is 1. The van der Waals surface area contributed by atoms with Crippen molar-refractivity contribution in [3.8, 4) is 5.75 Å². The molecular formula is C34H27ClN2O6. The number of esters is 1. The minimum absolute atomic E-state index is 0.0374. The predicted octanol–water partition coefficient (Wildman–Crippen LogP) is 5.16. The van der Waals surface area contributed by atoms with Crippen LogP contribution in [0.3, 0.4) is 0 Å². The number of benzene rings is 3.